The van der Waals surface area contributed by atoms with Gasteiger partial charge in [-0.15, -0.1) is 0 Å². The van der Waals surface area contributed by atoms with Gasteiger partial charge >= 0.3 is 5.97 Å². The molecule has 2 rings (SSSR count). The van der Waals surface area contributed by atoms with Crippen molar-refractivity contribution in [1.29, 1.82) is 0 Å². The Morgan fingerprint density at radius 3 is 2.50 bits per heavy atom. The first-order valence-corrected chi connectivity index (χ1v) is 5.54. The molecular formula is C15H12O3. The van der Waals surface area contributed by atoms with Crippen LogP contribution in [0.5, 0.6) is 5.75 Å². The Kier molecular flexibility index (Phi) is 3.53. The number of carbonyl (C=O) groups is 2. The zero-order chi connectivity index (χ0) is 13.0. The normalized spacial score (nSPS) is 10.7. The van der Waals surface area contributed by atoms with Crippen molar-refractivity contribution in [3.8, 4) is 5.75 Å². The maximum absolute atomic E-state index is 11.0. The van der Waals surface area contributed by atoms with Gasteiger partial charge in [0.25, 0.3) is 0 Å². The van der Waals surface area contributed by atoms with E-state index in [0.717, 1.165) is 22.6 Å². The molecule has 0 atom stereocenters. The maximum atomic E-state index is 11.0. The molecule has 0 aromatic heterocycles. The summed E-state index contributed by atoms with van der Waals surface area (Å²) in [5.74, 6) is 0.178. The number of benzene rings is 2. The van der Waals surface area contributed by atoms with E-state index in [-0.39, 0.29) is 5.97 Å². The lowest BCUT2D eigenvalue weighted by molar-refractivity contribution is -0.131. The Morgan fingerprint density at radius 1 is 1.11 bits per heavy atom. The standard InChI is InChI=1S/C15H12O3/c1-11(17)18-15-9-8-12(5-4-10-16)13-6-2-3-7-14(13)15/h2-10H,1H3. The highest BCUT2D eigenvalue weighted by atomic mass is 16.5. The third kappa shape index (κ3) is 2.46. The molecule has 0 amide bonds. The molecule has 90 valence electrons. The van der Waals surface area contributed by atoms with Crippen LogP contribution in [-0.4, -0.2) is 12.3 Å². The molecule has 2 aromatic carbocycles. The third-order valence-corrected chi connectivity index (χ3v) is 2.53. The van der Waals surface area contributed by atoms with Crippen molar-refractivity contribution in [2.24, 2.45) is 0 Å². The second-order valence-corrected chi connectivity index (χ2v) is 3.79. The number of rotatable bonds is 3. The van der Waals surface area contributed by atoms with E-state index in [4.69, 9.17) is 4.74 Å². The molecule has 2 aromatic rings. The fourth-order valence-electron chi connectivity index (χ4n) is 1.83. The number of aldehydes is 1. The summed E-state index contributed by atoms with van der Waals surface area (Å²) in [7, 11) is 0. The van der Waals surface area contributed by atoms with Gasteiger partial charge in [0.1, 0.15) is 12.0 Å². The highest BCUT2D eigenvalue weighted by Gasteiger charge is 2.06. The highest BCUT2D eigenvalue weighted by molar-refractivity contribution is 5.97. The average Bonchev–Trinajstić information content (AvgIpc) is 2.37. The summed E-state index contributed by atoms with van der Waals surface area (Å²) in [6.07, 6.45) is 3.90. The van der Waals surface area contributed by atoms with E-state index < -0.39 is 0 Å². The van der Waals surface area contributed by atoms with Crippen molar-refractivity contribution in [3.63, 3.8) is 0 Å². The van der Waals surface area contributed by atoms with Crippen LogP contribution >= 0.6 is 0 Å². The van der Waals surface area contributed by atoms with E-state index >= 15 is 0 Å². The minimum Gasteiger partial charge on any atom is -0.426 e. The quantitative estimate of drug-likeness (QED) is 0.358. The number of fused-ring (bicyclic) bond motifs is 1. The summed E-state index contributed by atoms with van der Waals surface area (Å²) in [6.45, 7) is 1.37. The van der Waals surface area contributed by atoms with Gasteiger partial charge < -0.3 is 4.74 Å². The number of carbonyl (C=O) groups excluding carboxylic acids is 2. The molecule has 3 heteroatoms. The molecule has 0 bridgehead atoms. The van der Waals surface area contributed by atoms with Crippen molar-refractivity contribution >= 4 is 29.1 Å². The summed E-state index contributed by atoms with van der Waals surface area (Å²) < 4.78 is 5.15. The molecule has 0 aliphatic heterocycles. The Labute approximate surface area is 105 Å². The Balaban J connectivity index is 2.61. The van der Waals surface area contributed by atoms with Gasteiger partial charge in [-0.1, -0.05) is 36.4 Å². The number of hydrogen-bond acceptors (Lipinski definition) is 3. The molecular weight excluding hydrogens is 228 g/mol. The Morgan fingerprint density at radius 2 is 1.83 bits per heavy atom. The number of ether oxygens (including phenoxy) is 1. The molecule has 0 saturated heterocycles. The van der Waals surface area contributed by atoms with E-state index in [0.29, 0.717) is 5.75 Å². The molecule has 0 N–H and O–H groups in total. The molecule has 3 nitrogen and oxygen atoms in total. The second-order valence-electron chi connectivity index (χ2n) is 3.79. The molecule has 0 spiro atoms. The van der Waals surface area contributed by atoms with Crippen molar-refractivity contribution in [3.05, 3.63) is 48.0 Å². The Hall–Kier alpha value is -2.42. The molecule has 0 heterocycles. The summed E-state index contributed by atoms with van der Waals surface area (Å²) in [4.78, 5) is 21.4. The van der Waals surface area contributed by atoms with Crippen LogP contribution < -0.4 is 4.74 Å². The van der Waals surface area contributed by atoms with Gasteiger partial charge in [0.2, 0.25) is 0 Å². The minimum atomic E-state index is -0.351. The highest BCUT2D eigenvalue weighted by Crippen LogP contribution is 2.29. The number of hydrogen-bond donors (Lipinski definition) is 0. The first kappa shape index (κ1) is 12.0. The van der Waals surface area contributed by atoms with Gasteiger partial charge in [-0.25, -0.2) is 0 Å². The first-order chi connectivity index (χ1) is 8.72. The molecule has 0 unspecified atom stereocenters. The zero-order valence-electron chi connectivity index (χ0n) is 9.92. The molecule has 0 saturated carbocycles. The molecule has 0 radical (unpaired) electrons. The van der Waals surface area contributed by atoms with E-state index in [9.17, 15) is 9.59 Å². The smallest absolute Gasteiger partial charge is 0.308 e. The van der Waals surface area contributed by atoms with Crippen LogP contribution in [-0.2, 0) is 9.59 Å². The number of allylic oxidation sites excluding steroid dienone is 1. The lowest BCUT2D eigenvalue weighted by Gasteiger charge is -2.08. The van der Waals surface area contributed by atoms with E-state index in [1.807, 2.05) is 30.3 Å². The van der Waals surface area contributed by atoms with E-state index in [2.05, 4.69) is 0 Å². The maximum Gasteiger partial charge on any atom is 0.308 e. The van der Waals surface area contributed by atoms with Crippen molar-refractivity contribution < 1.29 is 14.3 Å². The fourth-order valence-corrected chi connectivity index (χ4v) is 1.83. The van der Waals surface area contributed by atoms with Gasteiger partial charge in [-0.05, 0) is 23.1 Å². The molecule has 0 fully saturated rings. The largest absolute Gasteiger partial charge is 0.426 e. The first-order valence-electron chi connectivity index (χ1n) is 5.54. The fraction of sp³-hybridized carbons (Fsp3) is 0.0667. The molecule has 0 aliphatic rings. The van der Waals surface area contributed by atoms with Crippen LogP contribution in [0.4, 0.5) is 0 Å². The van der Waals surface area contributed by atoms with Gasteiger partial charge in [0.05, 0.1) is 0 Å². The summed E-state index contributed by atoms with van der Waals surface area (Å²) in [6, 6.07) is 11.1. The van der Waals surface area contributed by atoms with Gasteiger partial charge in [0, 0.05) is 12.3 Å². The zero-order valence-corrected chi connectivity index (χ0v) is 9.92. The van der Waals surface area contributed by atoms with Crippen LogP contribution in [0, 0.1) is 0 Å². The van der Waals surface area contributed by atoms with E-state index in [1.54, 1.807) is 12.1 Å². The van der Waals surface area contributed by atoms with Crippen LogP contribution in [0.25, 0.3) is 16.8 Å². The van der Waals surface area contributed by atoms with Gasteiger partial charge in [-0.2, -0.15) is 0 Å². The second kappa shape index (κ2) is 5.27. The van der Waals surface area contributed by atoms with Crippen molar-refractivity contribution in [2.45, 2.75) is 6.92 Å². The molecule has 18 heavy (non-hydrogen) atoms. The van der Waals surface area contributed by atoms with Crippen molar-refractivity contribution in [2.75, 3.05) is 0 Å². The third-order valence-electron chi connectivity index (χ3n) is 2.53. The SMILES string of the molecule is CC(=O)Oc1ccc(C=CC=O)c2ccccc12. The van der Waals surface area contributed by atoms with Crippen LogP contribution in [0.3, 0.4) is 0 Å². The summed E-state index contributed by atoms with van der Waals surface area (Å²) in [5, 5.41) is 1.79. The Bertz CT molecular complexity index is 627. The lowest BCUT2D eigenvalue weighted by atomic mass is 10.0. The van der Waals surface area contributed by atoms with Crippen LogP contribution in [0.1, 0.15) is 12.5 Å². The van der Waals surface area contributed by atoms with Gasteiger partial charge in [0.15, 0.2) is 0 Å². The van der Waals surface area contributed by atoms with Crippen molar-refractivity contribution in [1.82, 2.24) is 0 Å². The monoisotopic (exact) mass is 240 g/mol. The minimum absolute atomic E-state index is 0.351. The average molecular weight is 240 g/mol. The van der Waals surface area contributed by atoms with E-state index in [1.165, 1.54) is 13.0 Å². The van der Waals surface area contributed by atoms with Crippen LogP contribution in [0.2, 0.25) is 0 Å². The van der Waals surface area contributed by atoms with Gasteiger partial charge in [-0.3, -0.25) is 9.59 Å². The number of esters is 1. The predicted octanol–water partition coefficient (Wildman–Crippen LogP) is 2.98. The van der Waals surface area contributed by atoms with Crippen LogP contribution in [0.15, 0.2) is 42.5 Å². The lowest BCUT2D eigenvalue weighted by Crippen LogP contribution is -2.01. The predicted molar refractivity (Wildman–Crippen MR) is 70.4 cm³/mol. The topological polar surface area (TPSA) is 43.4 Å². The summed E-state index contributed by atoms with van der Waals surface area (Å²) >= 11 is 0. The summed E-state index contributed by atoms with van der Waals surface area (Å²) in [5.41, 5.74) is 0.911. The molecule has 0 aliphatic carbocycles.